The summed E-state index contributed by atoms with van der Waals surface area (Å²) in [5.41, 5.74) is -0.0199. The van der Waals surface area contributed by atoms with Gasteiger partial charge in [-0.05, 0) is 24.6 Å². The van der Waals surface area contributed by atoms with E-state index < -0.39 is 17.7 Å². The van der Waals surface area contributed by atoms with Crippen molar-refractivity contribution in [2.75, 3.05) is 7.11 Å². The van der Waals surface area contributed by atoms with E-state index in [9.17, 15) is 13.9 Å². The van der Waals surface area contributed by atoms with E-state index in [-0.39, 0.29) is 5.56 Å². The first kappa shape index (κ1) is 13.0. The summed E-state index contributed by atoms with van der Waals surface area (Å²) in [6.07, 6.45) is -1.32. The van der Waals surface area contributed by atoms with Crippen LogP contribution in [0, 0.1) is 18.6 Å². The number of ether oxygens (including phenoxy) is 1. The summed E-state index contributed by atoms with van der Waals surface area (Å²) in [5.74, 6) is -0.907. The van der Waals surface area contributed by atoms with Crippen LogP contribution >= 0.6 is 11.3 Å². The first-order valence-electron chi connectivity index (χ1n) is 5.29. The maximum absolute atomic E-state index is 13.9. The normalized spacial score (nSPS) is 12.5. The van der Waals surface area contributed by atoms with E-state index in [1.54, 1.807) is 11.4 Å². The molecule has 1 aromatic heterocycles. The maximum atomic E-state index is 13.9. The van der Waals surface area contributed by atoms with E-state index in [1.165, 1.54) is 31.4 Å². The third-order valence-electron chi connectivity index (χ3n) is 2.69. The van der Waals surface area contributed by atoms with Gasteiger partial charge in [0.05, 0.1) is 12.7 Å². The molecular weight excluding hydrogens is 258 g/mol. The number of benzene rings is 1. The van der Waals surface area contributed by atoms with Gasteiger partial charge < -0.3 is 9.84 Å². The molecule has 0 saturated carbocycles. The fraction of sp³-hybridized carbons (Fsp3) is 0.231. The summed E-state index contributed by atoms with van der Waals surface area (Å²) in [5, 5.41) is 11.7. The lowest BCUT2D eigenvalue weighted by atomic mass is 10.0. The van der Waals surface area contributed by atoms with Crippen molar-refractivity contribution in [3.8, 4) is 5.75 Å². The molecule has 2 aromatic rings. The number of aliphatic hydroxyl groups is 1. The topological polar surface area (TPSA) is 29.5 Å². The summed E-state index contributed by atoms with van der Waals surface area (Å²) < 4.78 is 32.5. The number of aliphatic hydroxyl groups excluding tert-OH is 1. The highest BCUT2D eigenvalue weighted by Gasteiger charge is 2.22. The van der Waals surface area contributed by atoms with Gasteiger partial charge in [-0.15, -0.1) is 11.3 Å². The standard InChI is InChI=1S/C13H12F2O2S/c1-7-3-4-9(14)11(12(7)15)13(16)10-5-8(17-2)6-18-10/h3-6,13,16H,1-2H3. The number of hydrogen-bond donors (Lipinski definition) is 1. The maximum Gasteiger partial charge on any atom is 0.135 e. The highest BCUT2D eigenvalue weighted by molar-refractivity contribution is 7.10. The van der Waals surface area contributed by atoms with Crippen molar-refractivity contribution < 1.29 is 18.6 Å². The van der Waals surface area contributed by atoms with Crippen LogP contribution in [0.15, 0.2) is 23.6 Å². The van der Waals surface area contributed by atoms with Crippen molar-refractivity contribution >= 4 is 11.3 Å². The minimum atomic E-state index is -1.32. The van der Waals surface area contributed by atoms with Crippen molar-refractivity contribution in [1.29, 1.82) is 0 Å². The second kappa shape index (κ2) is 5.04. The minimum absolute atomic E-state index is 0.300. The Hall–Kier alpha value is -1.46. The zero-order valence-electron chi connectivity index (χ0n) is 9.91. The number of hydrogen-bond acceptors (Lipinski definition) is 3. The van der Waals surface area contributed by atoms with E-state index in [0.29, 0.717) is 16.2 Å². The molecule has 0 fully saturated rings. The van der Waals surface area contributed by atoms with Gasteiger partial charge >= 0.3 is 0 Å². The molecule has 1 unspecified atom stereocenters. The Kier molecular flexibility index (Phi) is 3.63. The first-order valence-corrected chi connectivity index (χ1v) is 6.17. The second-order valence-corrected chi connectivity index (χ2v) is 4.83. The third-order valence-corrected chi connectivity index (χ3v) is 3.66. The Morgan fingerprint density at radius 1 is 1.33 bits per heavy atom. The van der Waals surface area contributed by atoms with Crippen molar-refractivity contribution in [2.24, 2.45) is 0 Å². The van der Waals surface area contributed by atoms with Gasteiger partial charge in [0.2, 0.25) is 0 Å². The Labute approximate surface area is 107 Å². The van der Waals surface area contributed by atoms with Gasteiger partial charge in [-0.3, -0.25) is 0 Å². The van der Waals surface area contributed by atoms with E-state index >= 15 is 0 Å². The molecule has 18 heavy (non-hydrogen) atoms. The molecule has 96 valence electrons. The largest absolute Gasteiger partial charge is 0.496 e. The molecular formula is C13H12F2O2S. The molecule has 0 spiro atoms. The molecule has 0 bridgehead atoms. The Bertz CT molecular complexity index is 566. The molecule has 0 aliphatic rings. The molecule has 0 saturated heterocycles. The van der Waals surface area contributed by atoms with Gasteiger partial charge in [0.15, 0.2) is 0 Å². The molecule has 1 N–H and O–H groups in total. The lowest BCUT2D eigenvalue weighted by Crippen LogP contribution is -2.05. The van der Waals surface area contributed by atoms with E-state index in [2.05, 4.69) is 0 Å². The van der Waals surface area contributed by atoms with Gasteiger partial charge in [0, 0.05) is 10.3 Å². The Morgan fingerprint density at radius 3 is 2.67 bits per heavy atom. The molecule has 0 amide bonds. The zero-order chi connectivity index (χ0) is 13.3. The molecule has 5 heteroatoms. The highest BCUT2D eigenvalue weighted by atomic mass is 32.1. The van der Waals surface area contributed by atoms with Crippen LogP contribution in [-0.2, 0) is 0 Å². The molecule has 0 aliphatic carbocycles. The van der Waals surface area contributed by atoms with Crippen LogP contribution in [0.5, 0.6) is 5.75 Å². The SMILES string of the molecule is COc1csc(C(O)c2c(F)ccc(C)c2F)c1. The van der Waals surface area contributed by atoms with E-state index in [4.69, 9.17) is 4.74 Å². The predicted octanol–water partition coefficient (Wildman–Crippen LogP) is 3.43. The van der Waals surface area contributed by atoms with Gasteiger partial charge in [0.25, 0.3) is 0 Å². The minimum Gasteiger partial charge on any atom is -0.496 e. The van der Waals surface area contributed by atoms with Gasteiger partial charge in [0.1, 0.15) is 23.5 Å². The molecule has 0 radical (unpaired) electrons. The molecule has 1 atom stereocenters. The smallest absolute Gasteiger partial charge is 0.135 e. The molecule has 1 heterocycles. The molecule has 0 aliphatic heterocycles. The molecule has 2 nitrogen and oxygen atoms in total. The predicted molar refractivity (Wildman–Crippen MR) is 66.0 cm³/mol. The van der Waals surface area contributed by atoms with Crippen molar-refractivity contribution in [1.82, 2.24) is 0 Å². The van der Waals surface area contributed by atoms with Crippen LogP contribution in [0.4, 0.5) is 8.78 Å². The van der Waals surface area contributed by atoms with Crippen molar-refractivity contribution in [3.05, 3.63) is 51.2 Å². The van der Waals surface area contributed by atoms with Crippen LogP contribution < -0.4 is 4.74 Å². The first-order chi connectivity index (χ1) is 8.54. The zero-order valence-corrected chi connectivity index (χ0v) is 10.7. The quantitative estimate of drug-likeness (QED) is 0.926. The van der Waals surface area contributed by atoms with Crippen LogP contribution in [0.1, 0.15) is 22.1 Å². The molecule has 2 rings (SSSR count). The lowest BCUT2D eigenvalue weighted by Gasteiger charge is -2.12. The van der Waals surface area contributed by atoms with Crippen molar-refractivity contribution in [3.63, 3.8) is 0 Å². The number of halogens is 2. The number of methoxy groups -OCH3 is 1. The Morgan fingerprint density at radius 2 is 2.06 bits per heavy atom. The highest BCUT2D eigenvalue weighted by Crippen LogP contribution is 2.33. The fourth-order valence-electron chi connectivity index (χ4n) is 1.66. The number of rotatable bonds is 3. The van der Waals surface area contributed by atoms with E-state index in [1.807, 2.05) is 0 Å². The monoisotopic (exact) mass is 270 g/mol. The average molecular weight is 270 g/mol. The number of aryl methyl sites for hydroxylation is 1. The summed E-state index contributed by atoms with van der Waals surface area (Å²) in [7, 11) is 1.49. The summed E-state index contributed by atoms with van der Waals surface area (Å²) in [6.45, 7) is 1.53. The van der Waals surface area contributed by atoms with Crippen LogP contribution in [0.3, 0.4) is 0 Å². The second-order valence-electron chi connectivity index (χ2n) is 3.88. The number of thiophene rings is 1. The van der Waals surface area contributed by atoms with Crippen LogP contribution in [0.25, 0.3) is 0 Å². The van der Waals surface area contributed by atoms with Gasteiger partial charge in [-0.1, -0.05) is 6.07 Å². The third kappa shape index (κ3) is 2.23. The summed E-state index contributed by atoms with van der Waals surface area (Å²) in [4.78, 5) is 0.440. The van der Waals surface area contributed by atoms with Crippen molar-refractivity contribution in [2.45, 2.75) is 13.0 Å². The van der Waals surface area contributed by atoms with Gasteiger partial charge in [-0.2, -0.15) is 0 Å². The van der Waals surface area contributed by atoms with E-state index in [0.717, 1.165) is 6.07 Å². The van der Waals surface area contributed by atoms with Crippen LogP contribution in [0.2, 0.25) is 0 Å². The van der Waals surface area contributed by atoms with Crippen LogP contribution in [-0.4, -0.2) is 12.2 Å². The van der Waals surface area contributed by atoms with Gasteiger partial charge in [-0.25, -0.2) is 8.78 Å². The summed E-state index contributed by atoms with van der Waals surface area (Å²) >= 11 is 1.19. The lowest BCUT2D eigenvalue weighted by molar-refractivity contribution is 0.212. The molecule has 1 aromatic carbocycles. The Balaban J connectivity index is 2.45. The average Bonchev–Trinajstić information content (AvgIpc) is 2.83. The fourth-order valence-corrected chi connectivity index (χ4v) is 2.50. The summed E-state index contributed by atoms with van der Waals surface area (Å²) in [6, 6.07) is 4.06.